The molecule has 0 aromatic carbocycles. The normalized spacial score (nSPS) is 12.4. The molecule has 0 heterocycles. The largest absolute Gasteiger partial charge is 0.378 e. The molecule has 0 amide bonds. The number of rotatable bonds is 9. The van der Waals surface area contributed by atoms with Gasteiger partial charge in [-0.2, -0.15) is 0 Å². The van der Waals surface area contributed by atoms with Gasteiger partial charge < -0.3 is 14.8 Å². The minimum absolute atomic E-state index is 0.0567. The van der Waals surface area contributed by atoms with Crippen LogP contribution in [-0.4, -0.2) is 38.5 Å². The van der Waals surface area contributed by atoms with Gasteiger partial charge >= 0.3 is 0 Å². The topological polar surface area (TPSA) is 30.5 Å². The number of nitrogens with one attached hydrogen (secondary N) is 1. The van der Waals surface area contributed by atoms with Crippen molar-refractivity contribution in [3.8, 4) is 0 Å². The highest BCUT2D eigenvalue weighted by Gasteiger charge is 2.08. The summed E-state index contributed by atoms with van der Waals surface area (Å²) in [5.74, 6) is 0.772. The monoisotopic (exact) mass is 231 g/mol. The molecule has 0 aliphatic heterocycles. The van der Waals surface area contributed by atoms with Gasteiger partial charge in [-0.25, -0.2) is 0 Å². The molecular weight excluding hydrogens is 202 g/mol. The van der Waals surface area contributed by atoms with Crippen molar-refractivity contribution in [2.24, 2.45) is 5.92 Å². The highest BCUT2D eigenvalue weighted by atomic mass is 16.5. The molecule has 0 atom stereocenters. The van der Waals surface area contributed by atoms with Crippen LogP contribution in [0.1, 0.15) is 41.0 Å². The molecule has 0 aliphatic carbocycles. The first kappa shape index (κ1) is 15.9. The molecule has 3 nitrogen and oxygen atoms in total. The van der Waals surface area contributed by atoms with Gasteiger partial charge in [0.2, 0.25) is 0 Å². The van der Waals surface area contributed by atoms with E-state index in [4.69, 9.17) is 9.47 Å². The lowest BCUT2D eigenvalue weighted by molar-refractivity contribution is -0.0343. The van der Waals surface area contributed by atoms with Crippen LogP contribution < -0.4 is 5.32 Å². The Bertz CT molecular complexity index is 153. The summed E-state index contributed by atoms with van der Waals surface area (Å²) in [6, 6.07) is 0. The molecule has 0 saturated heterocycles. The van der Waals surface area contributed by atoms with E-state index in [9.17, 15) is 0 Å². The van der Waals surface area contributed by atoms with Crippen molar-refractivity contribution in [3.63, 3.8) is 0 Å². The smallest absolute Gasteiger partial charge is 0.0707 e. The van der Waals surface area contributed by atoms with Gasteiger partial charge in [-0.15, -0.1) is 0 Å². The maximum Gasteiger partial charge on any atom is 0.0707 e. The van der Waals surface area contributed by atoms with Crippen molar-refractivity contribution in [1.82, 2.24) is 5.32 Å². The Kier molecular flexibility index (Phi) is 8.90. The van der Waals surface area contributed by atoms with Gasteiger partial charge in [-0.1, -0.05) is 13.8 Å². The first-order chi connectivity index (χ1) is 7.42. The number of hydrogen-bond donors (Lipinski definition) is 1. The molecule has 0 bridgehead atoms. The lowest BCUT2D eigenvalue weighted by Gasteiger charge is -2.19. The maximum absolute atomic E-state index is 5.54. The van der Waals surface area contributed by atoms with Gasteiger partial charge in [0.25, 0.3) is 0 Å². The third kappa shape index (κ3) is 13.9. The van der Waals surface area contributed by atoms with E-state index in [0.717, 1.165) is 25.6 Å². The van der Waals surface area contributed by atoms with Crippen LogP contribution in [0.4, 0.5) is 0 Å². The summed E-state index contributed by atoms with van der Waals surface area (Å²) in [5.41, 5.74) is -0.0567. The van der Waals surface area contributed by atoms with Crippen LogP contribution in [0.25, 0.3) is 0 Å². The predicted molar refractivity (Wildman–Crippen MR) is 68.8 cm³/mol. The predicted octanol–water partition coefficient (Wildman–Crippen LogP) is 2.45. The molecule has 0 aromatic rings. The highest BCUT2D eigenvalue weighted by Crippen LogP contribution is 2.05. The van der Waals surface area contributed by atoms with Gasteiger partial charge in [-0.3, -0.25) is 0 Å². The van der Waals surface area contributed by atoms with Crippen LogP contribution >= 0.6 is 0 Å². The average Bonchev–Trinajstić information content (AvgIpc) is 2.13. The molecule has 0 saturated carbocycles. The fourth-order valence-corrected chi connectivity index (χ4v) is 1.17. The van der Waals surface area contributed by atoms with Crippen LogP contribution in [0, 0.1) is 5.92 Å². The Labute approximate surface area is 101 Å². The van der Waals surface area contributed by atoms with E-state index in [1.54, 1.807) is 0 Å². The van der Waals surface area contributed by atoms with Crippen LogP contribution in [0.5, 0.6) is 0 Å². The highest BCUT2D eigenvalue weighted by molar-refractivity contribution is 4.58. The van der Waals surface area contributed by atoms with Gasteiger partial charge in [0.15, 0.2) is 0 Å². The van der Waals surface area contributed by atoms with Crippen molar-refractivity contribution in [2.75, 3.05) is 32.9 Å². The molecule has 1 N–H and O–H groups in total. The Balaban J connectivity index is 3.05. The molecule has 0 spiro atoms. The zero-order chi connectivity index (χ0) is 12.4. The summed E-state index contributed by atoms with van der Waals surface area (Å²) in [6.45, 7) is 14.8. The molecule has 16 heavy (non-hydrogen) atoms. The first-order valence-electron chi connectivity index (χ1n) is 6.34. The average molecular weight is 231 g/mol. The summed E-state index contributed by atoms with van der Waals surface area (Å²) in [5, 5.41) is 3.36. The second-order valence-corrected chi connectivity index (χ2v) is 5.51. The van der Waals surface area contributed by atoms with Gasteiger partial charge in [0, 0.05) is 6.54 Å². The van der Waals surface area contributed by atoms with Crippen molar-refractivity contribution >= 4 is 0 Å². The second-order valence-electron chi connectivity index (χ2n) is 5.51. The first-order valence-corrected chi connectivity index (χ1v) is 6.34. The standard InChI is InChI=1S/C13H29NO2/c1-12(2)6-7-14-8-9-15-10-11-16-13(3,4)5/h12,14H,6-11H2,1-5H3. The minimum atomic E-state index is -0.0567. The molecule has 0 rings (SSSR count). The summed E-state index contributed by atoms with van der Waals surface area (Å²) in [4.78, 5) is 0. The van der Waals surface area contributed by atoms with Gasteiger partial charge in [0.05, 0.1) is 25.4 Å². The fraction of sp³-hybridized carbons (Fsp3) is 1.00. The van der Waals surface area contributed by atoms with Crippen LogP contribution in [0.2, 0.25) is 0 Å². The third-order valence-corrected chi connectivity index (χ3v) is 2.08. The molecule has 98 valence electrons. The van der Waals surface area contributed by atoms with E-state index < -0.39 is 0 Å². The zero-order valence-electron chi connectivity index (χ0n) is 11.6. The molecule has 0 aromatic heterocycles. The Hall–Kier alpha value is -0.120. The molecule has 0 aliphatic rings. The fourth-order valence-electron chi connectivity index (χ4n) is 1.17. The Morgan fingerprint density at radius 3 is 2.25 bits per heavy atom. The number of ether oxygens (including phenoxy) is 2. The quantitative estimate of drug-likeness (QED) is 0.618. The summed E-state index contributed by atoms with van der Waals surface area (Å²) in [7, 11) is 0. The summed E-state index contributed by atoms with van der Waals surface area (Å²) in [6.07, 6.45) is 1.23. The van der Waals surface area contributed by atoms with Crippen LogP contribution in [-0.2, 0) is 9.47 Å². The van der Waals surface area contributed by atoms with Gasteiger partial charge in [-0.05, 0) is 39.7 Å². The molecular formula is C13H29NO2. The zero-order valence-corrected chi connectivity index (χ0v) is 11.6. The van der Waals surface area contributed by atoms with Crippen molar-refractivity contribution in [3.05, 3.63) is 0 Å². The third-order valence-electron chi connectivity index (χ3n) is 2.08. The second kappa shape index (κ2) is 8.97. The van der Waals surface area contributed by atoms with Crippen molar-refractivity contribution in [2.45, 2.75) is 46.6 Å². The SMILES string of the molecule is CC(C)CCNCCOCCOC(C)(C)C. The van der Waals surface area contributed by atoms with Crippen molar-refractivity contribution in [1.29, 1.82) is 0 Å². The molecule has 0 radical (unpaired) electrons. The van der Waals surface area contributed by atoms with E-state index in [2.05, 4.69) is 39.9 Å². The minimum Gasteiger partial charge on any atom is -0.378 e. The Morgan fingerprint density at radius 1 is 1.00 bits per heavy atom. The molecule has 3 heteroatoms. The lowest BCUT2D eigenvalue weighted by atomic mass is 10.1. The van der Waals surface area contributed by atoms with E-state index in [1.165, 1.54) is 6.42 Å². The van der Waals surface area contributed by atoms with Crippen LogP contribution in [0.3, 0.4) is 0 Å². The van der Waals surface area contributed by atoms with E-state index in [1.807, 2.05) is 0 Å². The maximum atomic E-state index is 5.54. The Morgan fingerprint density at radius 2 is 1.69 bits per heavy atom. The van der Waals surface area contributed by atoms with Crippen LogP contribution in [0.15, 0.2) is 0 Å². The molecule has 0 fully saturated rings. The van der Waals surface area contributed by atoms with E-state index >= 15 is 0 Å². The van der Waals surface area contributed by atoms with E-state index in [0.29, 0.717) is 13.2 Å². The number of hydrogen-bond acceptors (Lipinski definition) is 3. The lowest BCUT2D eigenvalue weighted by Crippen LogP contribution is -2.24. The van der Waals surface area contributed by atoms with E-state index in [-0.39, 0.29) is 5.60 Å². The molecule has 0 unspecified atom stereocenters. The summed E-state index contributed by atoms with van der Waals surface area (Å²) < 4.78 is 11.0. The summed E-state index contributed by atoms with van der Waals surface area (Å²) >= 11 is 0. The van der Waals surface area contributed by atoms with Gasteiger partial charge in [0.1, 0.15) is 0 Å². The van der Waals surface area contributed by atoms with Crippen molar-refractivity contribution < 1.29 is 9.47 Å².